The first-order chi connectivity index (χ1) is 8.40. The lowest BCUT2D eigenvalue weighted by Crippen LogP contribution is -2.13. The van der Waals surface area contributed by atoms with Crippen LogP contribution in [0.15, 0.2) is 33.8 Å². The molecule has 0 spiro atoms. The van der Waals surface area contributed by atoms with Crippen molar-refractivity contribution >= 4 is 21.6 Å². The molecule has 0 N–H and O–H groups in total. The second-order valence-corrected chi connectivity index (χ2v) is 5.68. The van der Waals surface area contributed by atoms with Gasteiger partial charge in [0, 0.05) is 18.6 Å². The van der Waals surface area contributed by atoms with Gasteiger partial charge in [-0.3, -0.25) is 0 Å². The van der Waals surface area contributed by atoms with Gasteiger partial charge in [0.15, 0.2) is 0 Å². The van der Waals surface area contributed by atoms with E-state index in [1.54, 1.807) is 7.05 Å². The smallest absolute Gasteiger partial charge is 0.288 e. The summed E-state index contributed by atoms with van der Waals surface area (Å²) < 4.78 is 58.4. The van der Waals surface area contributed by atoms with Crippen molar-refractivity contribution in [1.82, 2.24) is 8.94 Å². The van der Waals surface area contributed by atoms with E-state index in [-0.39, 0.29) is 4.80 Å². The first-order valence-corrected chi connectivity index (χ1v) is 6.85. The second kappa shape index (κ2) is 4.58. The molecule has 0 unspecified atom stereocenters. The first-order valence-electron chi connectivity index (χ1n) is 4.63. The minimum Gasteiger partial charge on any atom is -0.309 e. The predicted octanol–water partition coefficient (Wildman–Crippen LogP) is 1.05. The number of rotatable bonds is 2. The molecule has 18 heavy (non-hydrogen) atoms. The molecule has 0 atom stereocenters. The van der Waals surface area contributed by atoms with Crippen LogP contribution in [0, 0.1) is 11.6 Å². The molecular formula is C9H7F2N3O2S2. The zero-order valence-electron chi connectivity index (χ0n) is 9.04. The Kier molecular flexibility index (Phi) is 3.26. The minimum absolute atomic E-state index is 0.0682. The van der Waals surface area contributed by atoms with Crippen LogP contribution in [-0.4, -0.2) is 17.4 Å². The Hall–Kier alpha value is -1.61. The maximum absolute atomic E-state index is 13.4. The van der Waals surface area contributed by atoms with E-state index in [0.29, 0.717) is 6.07 Å². The van der Waals surface area contributed by atoms with Crippen LogP contribution in [0.25, 0.3) is 0 Å². The van der Waals surface area contributed by atoms with Gasteiger partial charge < -0.3 is 4.57 Å². The van der Waals surface area contributed by atoms with Crippen molar-refractivity contribution in [3.8, 4) is 0 Å². The van der Waals surface area contributed by atoms with Crippen molar-refractivity contribution in [2.24, 2.45) is 11.4 Å². The van der Waals surface area contributed by atoms with E-state index in [0.717, 1.165) is 23.7 Å². The van der Waals surface area contributed by atoms with E-state index in [1.165, 1.54) is 10.9 Å². The van der Waals surface area contributed by atoms with Crippen LogP contribution in [0.1, 0.15) is 0 Å². The van der Waals surface area contributed by atoms with Gasteiger partial charge in [0.2, 0.25) is 4.80 Å². The molecule has 2 rings (SSSR count). The molecule has 0 aliphatic rings. The van der Waals surface area contributed by atoms with Crippen LogP contribution in [0.5, 0.6) is 0 Å². The predicted molar refractivity (Wildman–Crippen MR) is 60.2 cm³/mol. The molecule has 5 nitrogen and oxygen atoms in total. The summed E-state index contributed by atoms with van der Waals surface area (Å²) in [6, 6.07) is 2.17. The van der Waals surface area contributed by atoms with Gasteiger partial charge >= 0.3 is 0 Å². The van der Waals surface area contributed by atoms with Crippen molar-refractivity contribution in [2.45, 2.75) is 4.90 Å². The molecule has 0 saturated carbocycles. The average Bonchev–Trinajstić information content (AvgIpc) is 2.67. The number of nitrogens with zero attached hydrogens (tertiary/aromatic N) is 3. The molecule has 1 aromatic carbocycles. The van der Waals surface area contributed by atoms with Crippen molar-refractivity contribution in [3.63, 3.8) is 0 Å². The lowest BCUT2D eigenvalue weighted by molar-refractivity contribution is 0.553. The zero-order chi connectivity index (χ0) is 13.3. The summed E-state index contributed by atoms with van der Waals surface area (Å²) in [7, 11) is -2.76. The van der Waals surface area contributed by atoms with Crippen molar-refractivity contribution < 1.29 is 17.2 Å². The summed E-state index contributed by atoms with van der Waals surface area (Å²) in [5.41, 5.74) is 0. The van der Waals surface area contributed by atoms with E-state index in [9.17, 15) is 17.2 Å². The Labute approximate surface area is 105 Å². The number of sulfonamides is 1. The molecule has 1 heterocycles. The third-order valence-electron chi connectivity index (χ3n) is 2.03. The van der Waals surface area contributed by atoms with E-state index >= 15 is 0 Å². The summed E-state index contributed by atoms with van der Waals surface area (Å²) in [6.07, 6.45) is 1.36. The Morgan fingerprint density at radius 3 is 2.72 bits per heavy atom. The fraction of sp³-hybridized carbons (Fsp3) is 0.111. The molecule has 1 aromatic heterocycles. The normalized spacial score (nSPS) is 12.9. The van der Waals surface area contributed by atoms with Gasteiger partial charge in [0.05, 0.1) is 0 Å². The zero-order valence-corrected chi connectivity index (χ0v) is 10.7. The molecule has 9 heteroatoms. The number of hydrogen-bond acceptors (Lipinski definition) is 4. The van der Waals surface area contributed by atoms with Gasteiger partial charge in [-0.1, -0.05) is 0 Å². The summed E-state index contributed by atoms with van der Waals surface area (Å²) in [4.78, 5) is -0.727. The molecule has 0 saturated heterocycles. The van der Waals surface area contributed by atoms with Crippen LogP contribution in [0.2, 0.25) is 0 Å². The van der Waals surface area contributed by atoms with Crippen LogP contribution >= 0.6 is 11.5 Å². The van der Waals surface area contributed by atoms with Crippen LogP contribution in [0.3, 0.4) is 0 Å². The third kappa shape index (κ3) is 2.46. The Balaban J connectivity index is 2.64. The highest BCUT2D eigenvalue weighted by Crippen LogP contribution is 2.17. The number of aryl methyl sites for hydroxylation is 1. The molecule has 0 bridgehead atoms. The molecular weight excluding hydrogens is 284 g/mol. The molecule has 0 fully saturated rings. The Bertz CT molecular complexity index is 749. The van der Waals surface area contributed by atoms with E-state index in [2.05, 4.69) is 8.77 Å². The molecule has 0 aliphatic heterocycles. The standard InChI is InChI=1S/C9H7F2N3O2S2/c1-14-5-12-17-9(14)13-18(15,16)8-4-6(10)2-3-7(8)11/h2-5H,1H3/b13-9+. The lowest BCUT2D eigenvalue weighted by atomic mass is 10.3. The van der Waals surface area contributed by atoms with Gasteiger partial charge in [-0.05, 0) is 18.2 Å². The minimum atomic E-state index is -4.30. The SMILES string of the molecule is Cn1cns/c1=N/S(=O)(=O)c1cc(F)ccc1F. The lowest BCUT2D eigenvalue weighted by Gasteiger charge is -2.00. The third-order valence-corrected chi connectivity index (χ3v) is 4.17. The summed E-state index contributed by atoms with van der Waals surface area (Å²) >= 11 is 0.832. The van der Waals surface area contributed by atoms with Crippen LogP contribution < -0.4 is 4.80 Å². The quantitative estimate of drug-likeness (QED) is 0.830. The molecule has 0 radical (unpaired) electrons. The fourth-order valence-electron chi connectivity index (χ4n) is 1.16. The summed E-state index contributed by atoms with van der Waals surface area (Å²) in [5.74, 6) is -1.90. The maximum Gasteiger partial charge on any atom is 0.288 e. The van der Waals surface area contributed by atoms with E-state index in [1.807, 2.05) is 0 Å². The highest BCUT2D eigenvalue weighted by molar-refractivity contribution is 7.90. The van der Waals surface area contributed by atoms with Gasteiger partial charge in [0.25, 0.3) is 10.0 Å². The second-order valence-electron chi connectivity index (χ2n) is 3.35. The summed E-state index contributed by atoms with van der Waals surface area (Å²) in [6.45, 7) is 0. The van der Waals surface area contributed by atoms with Gasteiger partial charge in [-0.2, -0.15) is 12.8 Å². The maximum atomic E-state index is 13.4. The fourth-order valence-corrected chi connectivity index (χ4v) is 3.06. The number of aromatic nitrogens is 2. The van der Waals surface area contributed by atoms with Gasteiger partial charge in [-0.15, -0.1) is 4.40 Å². The van der Waals surface area contributed by atoms with Crippen LogP contribution in [-0.2, 0) is 17.1 Å². The Morgan fingerprint density at radius 1 is 1.39 bits per heavy atom. The summed E-state index contributed by atoms with van der Waals surface area (Å²) in [5, 5.41) is 0. The molecule has 0 amide bonds. The highest BCUT2D eigenvalue weighted by Gasteiger charge is 2.19. The largest absolute Gasteiger partial charge is 0.309 e. The van der Waals surface area contributed by atoms with Crippen molar-refractivity contribution in [2.75, 3.05) is 0 Å². The van der Waals surface area contributed by atoms with Crippen LogP contribution in [0.4, 0.5) is 8.78 Å². The molecule has 0 aliphatic carbocycles. The topological polar surface area (TPSA) is 64.3 Å². The van der Waals surface area contributed by atoms with Gasteiger partial charge in [-0.25, -0.2) is 8.78 Å². The molecule has 2 aromatic rings. The average molecular weight is 291 g/mol. The highest BCUT2D eigenvalue weighted by atomic mass is 32.2. The monoisotopic (exact) mass is 291 g/mol. The van der Waals surface area contributed by atoms with Gasteiger partial charge in [0.1, 0.15) is 22.9 Å². The molecule has 96 valence electrons. The van der Waals surface area contributed by atoms with Crippen molar-refractivity contribution in [1.29, 1.82) is 0 Å². The first kappa shape index (κ1) is 12.8. The number of hydrogen-bond donors (Lipinski definition) is 0. The number of halogens is 2. The van der Waals surface area contributed by atoms with Crippen molar-refractivity contribution in [3.05, 3.63) is 41.0 Å². The van der Waals surface area contributed by atoms with E-state index < -0.39 is 26.6 Å². The van der Waals surface area contributed by atoms with E-state index in [4.69, 9.17) is 0 Å². The Morgan fingerprint density at radius 2 is 2.11 bits per heavy atom. The number of benzene rings is 1.